The average molecular weight is 331 g/mol. The van der Waals surface area contributed by atoms with E-state index in [2.05, 4.69) is 14.7 Å². The summed E-state index contributed by atoms with van der Waals surface area (Å²) >= 11 is 1.57. The molecule has 7 heteroatoms. The second kappa shape index (κ2) is 6.35. The SMILES string of the molecule is O=S(=O)(NCc1ccc(-c2nccs2)cc1)c1cccnc1. The van der Waals surface area contributed by atoms with Crippen molar-refractivity contribution < 1.29 is 8.42 Å². The highest BCUT2D eigenvalue weighted by atomic mass is 32.2. The highest BCUT2D eigenvalue weighted by Gasteiger charge is 2.13. The molecule has 1 N–H and O–H groups in total. The molecule has 0 bridgehead atoms. The van der Waals surface area contributed by atoms with E-state index in [0.29, 0.717) is 0 Å². The van der Waals surface area contributed by atoms with Crippen molar-refractivity contribution in [3.63, 3.8) is 0 Å². The lowest BCUT2D eigenvalue weighted by Crippen LogP contribution is -2.23. The van der Waals surface area contributed by atoms with Crippen molar-refractivity contribution >= 4 is 21.4 Å². The first-order valence-electron chi connectivity index (χ1n) is 6.54. The number of thiazole rings is 1. The van der Waals surface area contributed by atoms with Crippen molar-refractivity contribution in [3.05, 3.63) is 65.9 Å². The zero-order valence-electron chi connectivity index (χ0n) is 11.5. The number of aromatic nitrogens is 2. The second-order valence-corrected chi connectivity index (χ2v) is 7.21. The summed E-state index contributed by atoms with van der Waals surface area (Å²) in [6, 6.07) is 10.8. The molecule has 2 aromatic heterocycles. The Morgan fingerprint density at radius 2 is 1.91 bits per heavy atom. The van der Waals surface area contributed by atoms with Crippen LogP contribution in [0.4, 0.5) is 0 Å². The maximum atomic E-state index is 12.1. The molecule has 3 rings (SSSR count). The summed E-state index contributed by atoms with van der Waals surface area (Å²) in [6.45, 7) is 0.232. The molecule has 0 saturated heterocycles. The number of nitrogens with one attached hydrogen (secondary N) is 1. The fourth-order valence-corrected chi connectivity index (χ4v) is 3.52. The van der Waals surface area contributed by atoms with Crippen LogP contribution in [0, 0.1) is 0 Å². The number of rotatable bonds is 5. The highest BCUT2D eigenvalue weighted by Crippen LogP contribution is 2.21. The van der Waals surface area contributed by atoms with Gasteiger partial charge in [-0.25, -0.2) is 18.1 Å². The quantitative estimate of drug-likeness (QED) is 0.780. The Morgan fingerprint density at radius 3 is 2.55 bits per heavy atom. The van der Waals surface area contributed by atoms with Crippen molar-refractivity contribution in [2.45, 2.75) is 11.4 Å². The lowest BCUT2D eigenvalue weighted by Gasteiger charge is -2.07. The fraction of sp³-hybridized carbons (Fsp3) is 0.0667. The standard InChI is InChI=1S/C15H13N3O2S2/c19-22(20,14-2-1-7-16-11-14)18-10-12-3-5-13(6-4-12)15-17-8-9-21-15/h1-9,11,18H,10H2. The minimum absolute atomic E-state index is 0.161. The lowest BCUT2D eigenvalue weighted by atomic mass is 10.1. The molecule has 0 amide bonds. The van der Waals surface area contributed by atoms with E-state index in [1.165, 1.54) is 18.5 Å². The molecule has 0 atom stereocenters. The Labute approximate surface area is 132 Å². The zero-order valence-corrected chi connectivity index (χ0v) is 13.1. The third kappa shape index (κ3) is 3.38. The summed E-state index contributed by atoms with van der Waals surface area (Å²) in [5.74, 6) is 0. The van der Waals surface area contributed by atoms with Gasteiger partial charge in [-0.15, -0.1) is 11.3 Å². The summed E-state index contributed by atoms with van der Waals surface area (Å²) in [6.07, 6.45) is 4.63. The molecule has 22 heavy (non-hydrogen) atoms. The summed E-state index contributed by atoms with van der Waals surface area (Å²) in [4.78, 5) is 8.22. The number of sulfonamides is 1. The molecule has 0 aliphatic rings. The molecule has 0 aliphatic carbocycles. The molecule has 1 aromatic carbocycles. The largest absolute Gasteiger partial charge is 0.263 e. The van der Waals surface area contributed by atoms with Crippen molar-refractivity contribution in [1.29, 1.82) is 0 Å². The molecular formula is C15H13N3O2S2. The molecule has 0 fully saturated rings. The normalized spacial score (nSPS) is 11.5. The summed E-state index contributed by atoms with van der Waals surface area (Å²) in [7, 11) is -3.53. The average Bonchev–Trinajstić information content (AvgIpc) is 3.09. The predicted molar refractivity (Wildman–Crippen MR) is 85.8 cm³/mol. The Hall–Kier alpha value is -2.09. The predicted octanol–water partition coefficient (Wildman–Crippen LogP) is 2.68. The minimum atomic E-state index is -3.53. The molecule has 0 saturated carbocycles. The molecule has 0 aliphatic heterocycles. The van der Waals surface area contributed by atoms with E-state index < -0.39 is 10.0 Å². The second-order valence-electron chi connectivity index (χ2n) is 4.55. The number of benzene rings is 1. The van der Waals surface area contributed by atoms with Crippen LogP contribution in [0.5, 0.6) is 0 Å². The van der Waals surface area contributed by atoms with Crippen molar-refractivity contribution in [2.75, 3.05) is 0 Å². The number of hydrogen-bond acceptors (Lipinski definition) is 5. The Morgan fingerprint density at radius 1 is 1.09 bits per heavy atom. The maximum Gasteiger partial charge on any atom is 0.242 e. The number of hydrogen-bond donors (Lipinski definition) is 1. The van der Waals surface area contributed by atoms with Gasteiger partial charge in [0.2, 0.25) is 10.0 Å². The molecule has 2 heterocycles. The molecule has 112 valence electrons. The van der Waals surface area contributed by atoms with Crippen molar-refractivity contribution in [2.24, 2.45) is 0 Å². The summed E-state index contributed by atoms with van der Waals surface area (Å²) in [5.41, 5.74) is 1.90. The zero-order chi connectivity index (χ0) is 15.4. The van der Waals surface area contributed by atoms with Crippen LogP contribution in [0.3, 0.4) is 0 Å². The summed E-state index contributed by atoms with van der Waals surface area (Å²) < 4.78 is 26.8. The Balaban J connectivity index is 1.69. The van der Waals surface area contributed by atoms with Crippen LogP contribution in [0.15, 0.2) is 65.3 Å². The molecule has 5 nitrogen and oxygen atoms in total. The van der Waals surface area contributed by atoms with E-state index in [0.717, 1.165) is 16.1 Å². The van der Waals surface area contributed by atoms with Crippen LogP contribution in [0.25, 0.3) is 10.6 Å². The van der Waals surface area contributed by atoms with Crippen LogP contribution in [0.1, 0.15) is 5.56 Å². The van der Waals surface area contributed by atoms with Gasteiger partial charge in [0, 0.05) is 36.1 Å². The minimum Gasteiger partial charge on any atom is -0.263 e. The van der Waals surface area contributed by atoms with Gasteiger partial charge in [0.1, 0.15) is 9.90 Å². The van der Waals surface area contributed by atoms with E-state index in [-0.39, 0.29) is 11.4 Å². The van der Waals surface area contributed by atoms with Crippen molar-refractivity contribution in [3.8, 4) is 10.6 Å². The van der Waals surface area contributed by atoms with Gasteiger partial charge in [0.25, 0.3) is 0 Å². The van der Waals surface area contributed by atoms with Crippen molar-refractivity contribution in [1.82, 2.24) is 14.7 Å². The third-order valence-corrected chi connectivity index (χ3v) is 5.25. The molecule has 3 aromatic rings. The van der Waals surface area contributed by atoms with E-state index in [4.69, 9.17) is 0 Å². The van der Waals surface area contributed by atoms with Crippen LogP contribution in [0.2, 0.25) is 0 Å². The first kappa shape index (κ1) is 14.8. The Kier molecular flexibility index (Phi) is 4.28. The van der Waals surface area contributed by atoms with Gasteiger partial charge in [0.15, 0.2) is 0 Å². The number of pyridine rings is 1. The maximum absolute atomic E-state index is 12.1. The highest BCUT2D eigenvalue weighted by molar-refractivity contribution is 7.89. The molecule has 0 spiro atoms. The smallest absolute Gasteiger partial charge is 0.242 e. The van der Waals surface area contributed by atoms with Gasteiger partial charge in [0.05, 0.1) is 0 Å². The van der Waals surface area contributed by atoms with Crippen LogP contribution < -0.4 is 4.72 Å². The number of nitrogens with zero attached hydrogens (tertiary/aromatic N) is 2. The monoisotopic (exact) mass is 331 g/mol. The van der Waals surface area contributed by atoms with E-state index in [1.807, 2.05) is 29.6 Å². The molecule has 0 radical (unpaired) electrons. The fourth-order valence-electron chi connectivity index (χ4n) is 1.90. The van der Waals surface area contributed by atoms with Gasteiger partial charge >= 0.3 is 0 Å². The Bertz CT molecular complexity index is 830. The van der Waals surface area contributed by atoms with Gasteiger partial charge in [-0.05, 0) is 17.7 Å². The third-order valence-electron chi connectivity index (χ3n) is 3.04. The first-order chi connectivity index (χ1) is 10.6. The molecular weight excluding hydrogens is 318 g/mol. The van der Waals surface area contributed by atoms with Gasteiger partial charge in [-0.2, -0.15) is 0 Å². The topological polar surface area (TPSA) is 72.0 Å². The molecule has 0 unspecified atom stereocenters. The van der Waals surface area contributed by atoms with E-state index in [9.17, 15) is 8.42 Å². The lowest BCUT2D eigenvalue weighted by molar-refractivity contribution is 0.581. The first-order valence-corrected chi connectivity index (χ1v) is 8.90. The van der Waals surface area contributed by atoms with Crippen LogP contribution >= 0.6 is 11.3 Å². The van der Waals surface area contributed by atoms with Crippen LogP contribution in [-0.4, -0.2) is 18.4 Å². The van der Waals surface area contributed by atoms with Gasteiger partial charge in [-0.1, -0.05) is 24.3 Å². The summed E-state index contributed by atoms with van der Waals surface area (Å²) in [5, 5.41) is 2.87. The van der Waals surface area contributed by atoms with Crippen LogP contribution in [-0.2, 0) is 16.6 Å². The van der Waals surface area contributed by atoms with Gasteiger partial charge < -0.3 is 0 Å². The van der Waals surface area contributed by atoms with Gasteiger partial charge in [-0.3, -0.25) is 4.98 Å². The van der Waals surface area contributed by atoms with E-state index in [1.54, 1.807) is 23.6 Å². The van der Waals surface area contributed by atoms with E-state index >= 15 is 0 Å².